The average molecular weight is 279 g/mol. The van der Waals surface area contributed by atoms with Crippen LogP contribution in [-0.4, -0.2) is 10.4 Å². The Hall–Kier alpha value is -2.62. The molecule has 0 amide bonds. The Morgan fingerprint density at radius 1 is 1.14 bits per heavy atom. The first kappa shape index (κ1) is 13.4. The van der Waals surface area contributed by atoms with Crippen LogP contribution in [-0.2, 0) is 20.0 Å². The molecule has 0 spiro atoms. The number of aromatic nitrogens is 2. The molecule has 0 aliphatic rings. The van der Waals surface area contributed by atoms with Crippen LogP contribution in [0.4, 0.5) is 0 Å². The van der Waals surface area contributed by atoms with Crippen LogP contribution in [0.25, 0.3) is 10.9 Å². The van der Waals surface area contributed by atoms with Gasteiger partial charge in [-0.3, -0.25) is 5.41 Å². The number of hydrogen-bond acceptors (Lipinski definition) is 1. The van der Waals surface area contributed by atoms with Crippen LogP contribution in [0, 0.1) is 5.41 Å². The number of nitrogens with one attached hydrogen (secondary N) is 1. The van der Waals surface area contributed by atoms with Gasteiger partial charge in [0.15, 0.2) is 12.4 Å². The van der Waals surface area contributed by atoms with Gasteiger partial charge in [-0.1, -0.05) is 24.3 Å². The summed E-state index contributed by atoms with van der Waals surface area (Å²) < 4.78 is 4.30. The molecule has 21 heavy (non-hydrogen) atoms. The van der Waals surface area contributed by atoms with Crippen molar-refractivity contribution in [2.75, 3.05) is 0 Å². The molecular formula is C17H19N4+. The maximum atomic E-state index is 7.32. The number of benzene rings is 1. The topological polar surface area (TPSA) is 58.7 Å². The standard InChI is InChI=1S/C17H19N4/c1-20-8-7-16-15(12-20)6-9-21(16)11-14-4-2-13(3-5-14)10-17(18)19/h2-9,12H,10-11H2,1H3,(H3,18,19)/q+1. The molecule has 0 fully saturated rings. The number of fused-ring (bicyclic) bond motifs is 1. The van der Waals surface area contributed by atoms with Crippen molar-refractivity contribution in [1.29, 1.82) is 5.41 Å². The summed E-state index contributed by atoms with van der Waals surface area (Å²) in [7, 11) is 2.03. The zero-order valence-corrected chi connectivity index (χ0v) is 12.1. The summed E-state index contributed by atoms with van der Waals surface area (Å²) in [5, 5.41) is 8.57. The van der Waals surface area contributed by atoms with Crippen molar-refractivity contribution in [2.45, 2.75) is 13.0 Å². The first-order valence-electron chi connectivity index (χ1n) is 6.97. The first-order chi connectivity index (χ1) is 10.1. The van der Waals surface area contributed by atoms with Gasteiger partial charge in [0.05, 0.1) is 16.7 Å². The van der Waals surface area contributed by atoms with E-state index in [4.69, 9.17) is 11.1 Å². The minimum atomic E-state index is 0.201. The lowest BCUT2D eigenvalue weighted by Gasteiger charge is -2.06. The van der Waals surface area contributed by atoms with E-state index in [-0.39, 0.29) is 5.84 Å². The Labute approximate surface area is 124 Å². The average Bonchev–Trinajstić information content (AvgIpc) is 2.83. The molecule has 0 radical (unpaired) electrons. The highest BCUT2D eigenvalue weighted by Gasteiger charge is 2.05. The fraction of sp³-hybridized carbons (Fsp3) is 0.176. The van der Waals surface area contributed by atoms with Crippen LogP contribution < -0.4 is 10.3 Å². The molecule has 0 aliphatic heterocycles. The van der Waals surface area contributed by atoms with Gasteiger partial charge in [0, 0.05) is 25.2 Å². The van der Waals surface area contributed by atoms with E-state index in [1.807, 2.05) is 19.2 Å². The molecule has 4 nitrogen and oxygen atoms in total. The SMILES string of the molecule is C[n+]1ccc2c(ccn2Cc2ccc(CC(=N)N)cc2)c1. The normalized spacial score (nSPS) is 10.9. The Bertz CT molecular complexity index is 784. The molecule has 1 aromatic carbocycles. The van der Waals surface area contributed by atoms with E-state index in [1.54, 1.807) is 0 Å². The Balaban J connectivity index is 1.83. The maximum Gasteiger partial charge on any atom is 0.177 e. The monoisotopic (exact) mass is 279 g/mol. The second-order valence-corrected chi connectivity index (χ2v) is 5.41. The van der Waals surface area contributed by atoms with Gasteiger partial charge >= 0.3 is 0 Å². The van der Waals surface area contributed by atoms with Gasteiger partial charge in [0.25, 0.3) is 0 Å². The van der Waals surface area contributed by atoms with E-state index in [0.717, 1.165) is 12.1 Å². The Kier molecular flexibility index (Phi) is 3.44. The maximum absolute atomic E-state index is 7.32. The number of hydrogen-bond donors (Lipinski definition) is 2. The van der Waals surface area contributed by atoms with E-state index in [2.05, 4.69) is 52.0 Å². The Morgan fingerprint density at radius 3 is 2.57 bits per heavy atom. The minimum Gasteiger partial charge on any atom is -0.387 e. The second-order valence-electron chi connectivity index (χ2n) is 5.41. The molecule has 2 heterocycles. The molecule has 0 unspecified atom stereocenters. The van der Waals surface area contributed by atoms with E-state index in [9.17, 15) is 0 Å². The van der Waals surface area contributed by atoms with Crippen molar-refractivity contribution in [3.8, 4) is 0 Å². The number of nitrogens with zero attached hydrogens (tertiary/aromatic N) is 2. The fourth-order valence-corrected chi connectivity index (χ4v) is 2.57. The summed E-state index contributed by atoms with van der Waals surface area (Å²) in [6.45, 7) is 0.845. The van der Waals surface area contributed by atoms with Crippen molar-refractivity contribution in [3.05, 3.63) is 66.1 Å². The lowest BCUT2D eigenvalue weighted by Crippen LogP contribution is -2.25. The molecule has 3 N–H and O–H groups in total. The minimum absolute atomic E-state index is 0.201. The number of amidine groups is 1. The summed E-state index contributed by atoms with van der Waals surface area (Å²) in [5.74, 6) is 0.201. The van der Waals surface area contributed by atoms with Crippen molar-refractivity contribution in [3.63, 3.8) is 0 Å². The van der Waals surface area contributed by atoms with Crippen LogP contribution in [0.2, 0.25) is 0 Å². The van der Waals surface area contributed by atoms with Gasteiger partial charge < -0.3 is 10.3 Å². The summed E-state index contributed by atoms with van der Waals surface area (Å²) in [6.07, 6.45) is 6.83. The van der Waals surface area contributed by atoms with Crippen LogP contribution >= 0.6 is 0 Å². The zero-order valence-electron chi connectivity index (χ0n) is 12.1. The molecule has 4 heteroatoms. The van der Waals surface area contributed by atoms with E-state index in [0.29, 0.717) is 6.42 Å². The number of nitrogens with two attached hydrogens (primary N) is 1. The molecule has 2 aromatic heterocycles. The number of pyridine rings is 1. The van der Waals surface area contributed by atoms with Gasteiger partial charge in [0.2, 0.25) is 0 Å². The molecule has 0 saturated carbocycles. The third-order valence-corrected chi connectivity index (χ3v) is 3.62. The Morgan fingerprint density at radius 2 is 1.86 bits per heavy atom. The van der Waals surface area contributed by atoms with Crippen molar-refractivity contribution in [2.24, 2.45) is 12.8 Å². The number of aryl methyl sites for hydroxylation is 1. The van der Waals surface area contributed by atoms with E-state index < -0.39 is 0 Å². The molecule has 0 aliphatic carbocycles. The highest BCUT2D eigenvalue weighted by atomic mass is 15.0. The summed E-state index contributed by atoms with van der Waals surface area (Å²) in [4.78, 5) is 0. The molecule has 0 atom stereocenters. The molecule has 3 rings (SSSR count). The van der Waals surface area contributed by atoms with Crippen LogP contribution in [0.3, 0.4) is 0 Å². The summed E-state index contributed by atoms with van der Waals surface area (Å²) in [6, 6.07) is 12.6. The van der Waals surface area contributed by atoms with Crippen LogP contribution in [0.1, 0.15) is 11.1 Å². The molecule has 106 valence electrons. The quantitative estimate of drug-likeness (QED) is 0.428. The van der Waals surface area contributed by atoms with Crippen LogP contribution in [0.5, 0.6) is 0 Å². The lowest BCUT2D eigenvalue weighted by atomic mass is 10.1. The largest absolute Gasteiger partial charge is 0.387 e. The van der Waals surface area contributed by atoms with Crippen molar-refractivity contribution >= 4 is 16.7 Å². The molecule has 3 aromatic rings. The van der Waals surface area contributed by atoms with Gasteiger partial charge in [-0.25, -0.2) is 4.57 Å². The van der Waals surface area contributed by atoms with Gasteiger partial charge in [-0.15, -0.1) is 0 Å². The van der Waals surface area contributed by atoms with E-state index >= 15 is 0 Å². The smallest absolute Gasteiger partial charge is 0.177 e. The predicted octanol–water partition coefficient (Wildman–Crippen LogP) is 1.99. The third-order valence-electron chi connectivity index (χ3n) is 3.62. The summed E-state index contributed by atoms with van der Waals surface area (Å²) in [5.41, 5.74) is 8.98. The first-order valence-corrected chi connectivity index (χ1v) is 6.97. The van der Waals surface area contributed by atoms with E-state index in [1.165, 1.54) is 16.5 Å². The predicted molar refractivity (Wildman–Crippen MR) is 84.3 cm³/mol. The van der Waals surface area contributed by atoms with Gasteiger partial charge in [-0.2, -0.15) is 0 Å². The van der Waals surface area contributed by atoms with Crippen LogP contribution in [0.15, 0.2) is 55.0 Å². The highest BCUT2D eigenvalue weighted by molar-refractivity contribution is 5.79. The van der Waals surface area contributed by atoms with Gasteiger partial charge in [0.1, 0.15) is 7.05 Å². The third kappa shape index (κ3) is 2.94. The fourth-order valence-electron chi connectivity index (χ4n) is 2.57. The molecule has 0 bridgehead atoms. The van der Waals surface area contributed by atoms with Crippen molar-refractivity contribution in [1.82, 2.24) is 4.57 Å². The second kappa shape index (κ2) is 5.40. The molecular weight excluding hydrogens is 260 g/mol. The summed E-state index contributed by atoms with van der Waals surface area (Å²) >= 11 is 0. The van der Waals surface area contributed by atoms with Crippen molar-refractivity contribution < 1.29 is 4.57 Å². The molecule has 0 saturated heterocycles. The zero-order chi connectivity index (χ0) is 14.8. The highest BCUT2D eigenvalue weighted by Crippen LogP contribution is 2.15. The van der Waals surface area contributed by atoms with Gasteiger partial charge in [-0.05, 0) is 17.2 Å². The lowest BCUT2D eigenvalue weighted by molar-refractivity contribution is -0.670. The number of rotatable bonds is 4.